The average Bonchev–Trinajstić information content (AvgIpc) is 2.38. The molecule has 0 aliphatic carbocycles. The highest BCUT2D eigenvalue weighted by Crippen LogP contribution is 2.21. The number of hydrogen-bond donors (Lipinski definition) is 0. The smallest absolute Gasteiger partial charge is 0.305 e. The molecule has 4 nitrogen and oxygen atoms in total. The molecule has 20 heavy (non-hydrogen) atoms. The Bertz CT molecular complexity index is 452. The highest BCUT2D eigenvalue weighted by Gasteiger charge is 2.13. The maximum atomic E-state index is 12.2. The molecule has 0 heterocycles. The van der Waals surface area contributed by atoms with Crippen LogP contribution in [0.15, 0.2) is 24.3 Å². The van der Waals surface area contributed by atoms with E-state index in [1.165, 1.54) is 0 Å². The Balaban J connectivity index is 2.57. The van der Waals surface area contributed by atoms with Crippen molar-refractivity contribution in [3.63, 3.8) is 0 Å². The van der Waals surface area contributed by atoms with E-state index in [9.17, 15) is 9.59 Å². The molecular formula is C16H22O4. The fourth-order valence-electron chi connectivity index (χ4n) is 1.81. The van der Waals surface area contributed by atoms with Crippen molar-refractivity contribution in [1.29, 1.82) is 0 Å². The zero-order valence-corrected chi connectivity index (χ0v) is 12.3. The zero-order valence-electron chi connectivity index (χ0n) is 12.3. The van der Waals surface area contributed by atoms with Gasteiger partial charge in [0, 0.05) is 12.8 Å². The summed E-state index contributed by atoms with van der Waals surface area (Å²) in [4.78, 5) is 23.4. The van der Waals surface area contributed by atoms with Crippen LogP contribution in [-0.2, 0) is 9.53 Å². The van der Waals surface area contributed by atoms with Gasteiger partial charge in [-0.15, -0.1) is 0 Å². The third-order valence-electron chi connectivity index (χ3n) is 2.64. The molecule has 0 fully saturated rings. The summed E-state index contributed by atoms with van der Waals surface area (Å²) in [5, 5.41) is 0. The molecule has 0 amide bonds. The Labute approximate surface area is 120 Å². The van der Waals surface area contributed by atoms with Crippen molar-refractivity contribution >= 4 is 11.8 Å². The molecule has 0 aliphatic heterocycles. The van der Waals surface area contributed by atoms with Gasteiger partial charge in [-0.2, -0.15) is 0 Å². The number of hydrogen-bond acceptors (Lipinski definition) is 4. The summed E-state index contributed by atoms with van der Waals surface area (Å²) < 4.78 is 10.5. The van der Waals surface area contributed by atoms with E-state index < -0.39 is 0 Å². The van der Waals surface area contributed by atoms with Crippen molar-refractivity contribution in [2.75, 3.05) is 6.61 Å². The van der Waals surface area contributed by atoms with Gasteiger partial charge in [0.1, 0.15) is 5.75 Å². The van der Waals surface area contributed by atoms with E-state index in [0.717, 1.165) is 0 Å². The highest BCUT2D eigenvalue weighted by molar-refractivity contribution is 5.98. The molecule has 0 radical (unpaired) electrons. The molecule has 0 bridgehead atoms. The normalized spacial score (nSPS) is 10.4. The first-order valence-electron chi connectivity index (χ1n) is 6.99. The summed E-state index contributed by atoms with van der Waals surface area (Å²) >= 11 is 0. The Morgan fingerprint density at radius 2 is 1.85 bits per heavy atom. The molecule has 1 aromatic rings. The second-order valence-corrected chi connectivity index (χ2v) is 4.74. The van der Waals surface area contributed by atoms with Crippen LogP contribution in [0.25, 0.3) is 0 Å². The molecule has 0 atom stereocenters. The van der Waals surface area contributed by atoms with Crippen molar-refractivity contribution in [2.24, 2.45) is 0 Å². The number of ether oxygens (including phenoxy) is 2. The van der Waals surface area contributed by atoms with Crippen LogP contribution in [-0.4, -0.2) is 24.5 Å². The SMILES string of the molecule is CCOC(=O)CCCC(=O)c1ccccc1OC(C)C. The summed E-state index contributed by atoms with van der Waals surface area (Å²) in [6.07, 6.45) is 1.10. The van der Waals surface area contributed by atoms with Crippen molar-refractivity contribution in [1.82, 2.24) is 0 Å². The van der Waals surface area contributed by atoms with Crippen LogP contribution in [0.3, 0.4) is 0 Å². The minimum Gasteiger partial charge on any atom is -0.490 e. The second-order valence-electron chi connectivity index (χ2n) is 4.74. The molecule has 0 aromatic heterocycles. The van der Waals surface area contributed by atoms with Crippen molar-refractivity contribution in [3.05, 3.63) is 29.8 Å². The van der Waals surface area contributed by atoms with Crippen molar-refractivity contribution in [2.45, 2.75) is 46.1 Å². The van der Waals surface area contributed by atoms with Crippen LogP contribution in [0.1, 0.15) is 50.4 Å². The van der Waals surface area contributed by atoms with E-state index in [-0.39, 0.29) is 24.3 Å². The summed E-state index contributed by atoms with van der Waals surface area (Å²) in [6, 6.07) is 7.20. The lowest BCUT2D eigenvalue weighted by Gasteiger charge is -2.13. The molecule has 1 aromatic carbocycles. The van der Waals surface area contributed by atoms with Crippen LogP contribution in [0.2, 0.25) is 0 Å². The zero-order chi connectivity index (χ0) is 15.0. The molecule has 1 rings (SSSR count). The van der Waals surface area contributed by atoms with E-state index in [1.54, 1.807) is 19.1 Å². The predicted molar refractivity (Wildman–Crippen MR) is 77.0 cm³/mol. The Hall–Kier alpha value is -1.84. The average molecular weight is 278 g/mol. The lowest BCUT2D eigenvalue weighted by molar-refractivity contribution is -0.143. The largest absolute Gasteiger partial charge is 0.490 e. The molecule has 4 heteroatoms. The minimum absolute atomic E-state index is 0.00875. The molecule has 0 unspecified atom stereocenters. The van der Waals surface area contributed by atoms with E-state index in [2.05, 4.69) is 0 Å². The predicted octanol–water partition coefficient (Wildman–Crippen LogP) is 3.39. The van der Waals surface area contributed by atoms with Gasteiger partial charge in [0.05, 0.1) is 18.3 Å². The van der Waals surface area contributed by atoms with Gasteiger partial charge in [-0.25, -0.2) is 0 Å². The van der Waals surface area contributed by atoms with Gasteiger partial charge in [0.2, 0.25) is 0 Å². The van der Waals surface area contributed by atoms with E-state index in [4.69, 9.17) is 9.47 Å². The summed E-state index contributed by atoms with van der Waals surface area (Å²) in [5.41, 5.74) is 0.574. The molecule has 110 valence electrons. The molecule has 0 aliphatic rings. The standard InChI is InChI=1S/C16H22O4/c1-4-19-16(18)11-7-9-14(17)13-8-5-6-10-15(13)20-12(2)3/h5-6,8,10,12H,4,7,9,11H2,1-3H3. The van der Waals surface area contributed by atoms with Gasteiger partial charge in [-0.1, -0.05) is 12.1 Å². The Morgan fingerprint density at radius 1 is 1.15 bits per heavy atom. The quantitative estimate of drug-likeness (QED) is 0.540. The maximum absolute atomic E-state index is 12.2. The number of Topliss-reactive ketones (excluding diaryl/α,β-unsaturated/α-hetero) is 1. The monoisotopic (exact) mass is 278 g/mol. The second kappa shape index (κ2) is 8.35. The fraction of sp³-hybridized carbons (Fsp3) is 0.500. The lowest BCUT2D eigenvalue weighted by Crippen LogP contribution is -2.10. The van der Waals surface area contributed by atoms with Gasteiger partial charge < -0.3 is 9.47 Å². The van der Waals surface area contributed by atoms with Crippen LogP contribution in [0.5, 0.6) is 5.75 Å². The number of benzene rings is 1. The lowest BCUT2D eigenvalue weighted by atomic mass is 10.0. The molecule has 0 saturated carbocycles. The third-order valence-corrected chi connectivity index (χ3v) is 2.64. The molecule has 0 saturated heterocycles. The highest BCUT2D eigenvalue weighted by atomic mass is 16.5. The summed E-state index contributed by atoms with van der Waals surface area (Å²) in [6.45, 7) is 5.98. The van der Waals surface area contributed by atoms with E-state index in [0.29, 0.717) is 30.8 Å². The van der Waals surface area contributed by atoms with Crippen LogP contribution < -0.4 is 4.74 Å². The summed E-state index contributed by atoms with van der Waals surface area (Å²) in [7, 11) is 0. The first kappa shape index (κ1) is 16.2. The van der Waals surface area contributed by atoms with Crippen LogP contribution in [0, 0.1) is 0 Å². The van der Waals surface area contributed by atoms with Gasteiger partial charge in [-0.3, -0.25) is 9.59 Å². The first-order valence-corrected chi connectivity index (χ1v) is 6.99. The van der Waals surface area contributed by atoms with Gasteiger partial charge in [0.15, 0.2) is 5.78 Å². The fourth-order valence-corrected chi connectivity index (χ4v) is 1.81. The van der Waals surface area contributed by atoms with E-state index >= 15 is 0 Å². The van der Waals surface area contributed by atoms with Crippen molar-refractivity contribution < 1.29 is 19.1 Å². The number of carbonyl (C=O) groups is 2. The van der Waals surface area contributed by atoms with Gasteiger partial charge >= 0.3 is 5.97 Å². The van der Waals surface area contributed by atoms with Gasteiger partial charge in [0.25, 0.3) is 0 Å². The minimum atomic E-state index is -0.257. The number of para-hydroxylation sites is 1. The molecular weight excluding hydrogens is 256 g/mol. The topological polar surface area (TPSA) is 52.6 Å². The van der Waals surface area contributed by atoms with Crippen molar-refractivity contribution in [3.8, 4) is 5.75 Å². The number of esters is 1. The van der Waals surface area contributed by atoms with Gasteiger partial charge in [-0.05, 0) is 39.3 Å². The first-order chi connectivity index (χ1) is 9.54. The van der Waals surface area contributed by atoms with Crippen LogP contribution in [0.4, 0.5) is 0 Å². The Morgan fingerprint density at radius 3 is 2.50 bits per heavy atom. The molecule has 0 spiro atoms. The maximum Gasteiger partial charge on any atom is 0.305 e. The number of carbonyl (C=O) groups excluding carboxylic acids is 2. The Kier molecular flexibility index (Phi) is 6.77. The third kappa shape index (κ3) is 5.43. The molecule has 0 N–H and O–H groups in total. The number of ketones is 1. The van der Waals surface area contributed by atoms with Crippen LogP contribution >= 0.6 is 0 Å². The summed E-state index contributed by atoms with van der Waals surface area (Å²) in [5.74, 6) is 0.334. The number of rotatable bonds is 8. The van der Waals surface area contributed by atoms with E-state index in [1.807, 2.05) is 26.0 Å².